The van der Waals surface area contributed by atoms with Crippen LogP contribution >= 0.6 is 6.89 Å². The van der Waals surface area contributed by atoms with Gasteiger partial charge in [-0.15, -0.1) is 0 Å². The van der Waals surface area contributed by atoms with E-state index in [0.717, 1.165) is 15.9 Å². The summed E-state index contributed by atoms with van der Waals surface area (Å²) in [6.45, 7) is 18.0. The summed E-state index contributed by atoms with van der Waals surface area (Å²) in [5, 5.41) is 2.17. The summed E-state index contributed by atoms with van der Waals surface area (Å²) in [5.74, 6) is -1.56. The minimum atomic E-state index is -3.32. The number of hydrogen-bond donors (Lipinski definition) is 0. The van der Waals surface area contributed by atoms with Gasteiger partial charge in [0.25, 0.3) is 5.91 Å². The van der Waals surface area contributed by atoms with Gasteiger partial charge in [-0.25, -0.2) is 14.4 Å². The summed E-state index contributed by atoms with van der Waals surface area (Å²) in [4.78, 5) is 75.1. The van der Waals surface area contributed by atoms with Crippen molar-refractivity contribution in [2.75, 3.05) is 33.9 Å². The van der Waals surface area contributed by atoms with E-state index >= 15 is 9.59 Å². The maximum absolute atomic E-state index is 15.3. The largest absolute Gasteiger partial charge is 0.457 e. The van der Waals surface area contributed by atoms with E-state index in [1.54, 1.807) is 27.1 Å². The van der Waals surface area contributed by atoms with Crippen LogP contribution in [-0.2, 0) is 33.0 Å². The number of rotatable bonds is 17. The van der Waals surface area contributed by atoms with E-state index in [4.69, 9.17) is 18.6 Å². The molecule has 14 heteroatoms. The highest BCUT2D eigenvalue weighted by Gasteiger charge is 2.50. The van der Waals surface area contributed by atoms with E-state index < -0.39 is 57.5 Å². The van der Waals surface area contributed by atoms with Gasteiger partial charge in [-0.1, -0.05) is 143 Å². The van der Waals surface area contributed by atoms with Gasteiger partial charge in [-0.3, -0.25) is 19.4 Å². The highest BCUT2D eigenvalue weighted by atomic mass is 31.2. The van der Waals surface area contributed by atoms with Crippen LogP contribution in [0.3, 0.4) is 0 Å². The number of hydrogen-bond acceptors (Lipinski definition) is 9. The molecule has 0 unspecified atom stereocenters. The van der Waals surface area contributed by atoms with Gasteiger partial charge in [0.2, 0.25) is 0 Å². The van der Waals surface area contributed by atoms with E-state index in [1.807, 2.05) is 97.9 Å². The first-order chi connectivity index (χ1) is 30.3. The molecule has 1 fully saturated rings. The number of allylic oxidation sites excluding steroid dienone is 2. The number of Topliss-reactive ketones (excluding diaryl/α,β-unsaturated/α-hetero) is 1. The van der Waals surface area contributed by atoms with E-state index in [1.165, 1.54) is 26.9 Å². The van der Waals surface area contributed by atoms with E-state index in [2.05, 4.69) is 47.0 Å². The van der Waals surface area contributed by atoms with Crippen LogP contribution < -0.4 is 15.9 Å². The third-order valence-corrected chi connectivity index (χ3v) is 20.7. The molecule has 1 saturated heterocycles. The first-order valence-electron chi connectivity index (χ1n) is 21.4. The summed E-state index contributed by atoms with van der Waals surface area (Å²) in [6, 6.07) is 28.2. The molecular formula is C50H62N3O9PSi. The minimum Gasteiger partial charge on any atom is -0.457 e. The van der Waals surface area contributed by atoms with Crippen LogP contribution in [0.2, 0.25) is 18.1 Å². The Balaban J connectivity index is 1.76. The van der Waals surface area contributed by atoms with Crippen molar-refractivity contribution < 1.29 is 42.6 Å². The molecule has 2 aliphatic heterocycles. The van der Waals surface area contributed by atoms with Gasteiger partial charge in [-0.05, 0) is 53.5 Å². The van der Waals surface area contributed by atoms with Gasteiger partial charge >= 0.3 is 18.2 Å². The van der Waals surface area contributed by atoms with E-state index in [0.29, 0.717) is 16.8 Å². The molecule has 0 saturated carbocycles. The molecule has 64 heavy (non-hydrogen) atoms. The van der Waals surface area contributed by atoms with Crippen LogP contribution in [0, 0.1) is 0 Å². The normalized spacial score (nSPS) is 17.3. The Labute approximate surface area is 379 Å². The molecule has 0 bridgehead atoms. The molecule has 3 aromatic carbocycles. The van der Waals surface area contributed by atoms with Crippen LogP contribution in [0.15, 0.2) is 139 Å². The quantitative estimate of drug-likeness (QED) is 0.0334. The van der Waals surface area contributed by atoms with Gasteiger partial charge in [0.1, 0.15) is 24.7 Å². The van der Waals surface area contributed by atoms with Crippen molar-refractivity contribution in [3.8, 4) is 0 Å². The molecule has 0 aromatic heterocycles. The highest BCUT2D eigenvalue weighted by Crippen LogP contribution is 2.50. The summed E-state index contributed by atoms with van der Waals surface area (Å²) in [7, 11) is 0.639. The molecular weight excluding hydrogens is 846 g/mol. The van der Waals surface area contributed by atoms with E-state index in [-0.39, 0.29) is 48.8 Å². The Bertz CT molecular complexity index is 2250. The SMILES string of the molecule is C=CCOC(=O)C(N1C(=O)C([C@@H](C)O[Si](C)(C)C(C)(C)C)=C1CC(=O)C(C)=C[C@@H]1C[C@@H](OC(=O)N(C)C)CN1C(=O)OCC=C)=P(c1ccccc1)(c1ccccc1)c1ccccc1. The number of benzene rings is 3. The monoisotopic (exact) mass is 907 g/mol. The lowest BCUT2D eigenvalue weighted by Gasteiger charge is -2.45. The Morgan fingerprint density at radius 3 is 1.83 bits per heavy atom. The number of carbonyl (C=O) groups is 5. The first kappa shape index (κ1) is 49.3. The minimum absolute atomic E-state index is 0.0328. The van der Waals surface area contributed by atoms with Crippen molar-refractivity contribution in [1.29, 1.82) is 0 Å². The number of likely N-dealkylation sites (tertiary alicyclic amines) is 1. The smallest absolute Gasteiger partial charge is 0.410 e. The van der Waals surface area contributed by atoms with Crippen molar-refractivity contribution in [1.82, 2.24) is 14.7 Å². The fourth-order valence-corrected chi connectivity index (χ4v) is 13.4. The lowest BCUT2D eigenvalue weighted by molar-refractivity contribution is -0.137. The van der Waals surface area contributed by atoms with E-state index in [9.17, 15) is 14.4 Å². The predicted octanol–water partition coefficient (Wildman–Crippen LogP) is 7.72. The number of esters is 1. The van der Waals surface area contributed by atoms with Crippen LogP contribution in [0.25, 0.3) is 0 Å². The Morgan fingerprint density at radius 1 is 0.859 bits per heavy atom. The second-order valence-corrected chi connectivity index (χ2v) is 25.7. The molecule has 0 N–H and O–H groups in total. The average Bonchev–Trinajstić information content (AvgIpc) is 3.66. The second-order valence-electron chi connectivity index (χ2n) is 17.6. The standard InChI is InChI=1S/C50H62N3O9PSi/c1-12-29-59-47(56)46(63(39-23-17-14-18-24-39,40-25-19-15-20-26-40)41-27-21-16-22-28-41)53-42(44(45(53)55)36(4)62-64(10,11)50(5,6)7)33-43(54)35(3)31-37-32-38(61-48(57)51(8)9)34-52(37)49(58)60-30-13-2/h12-28,31,36-38H,1-2,29-30,32-34H2,3-11H3/t36-,37-,38-/m1/s1. The molecule has 3 aromatic rings. The Morgan fingerprint density at radius 2 is 1.36 bits per heavy atom. The van der Waals surface area contributed by atoms with Gasteiger partial charge in [-0.2, -0.15) is 0 Å². The molecule has 3 atom stereocenters. The summed E-state index contributed by atoms with van der Waals surface area (Å²) < 4.78 is 23.8. The summed E-state index contributed by atoms with van der Waals surface area (Å²) >= 11 is 0. The first-order valence-corrected chi connectivity index (χ1v) is 26.1. The molecule has 0 aliphatic carbocycles. The van der Waals surface area contributed by atoms with Crippen LogP contribution in [0.4, 0.5) is 9.59 Å². The average molecular weight is 908 g/mol. The van der Waals surface area contributed by atoms with Crippen molar-refractivity contribution >= 4 is 66.4 Å². The lowest BCUT2D eigenvalue weighted by Crippen LogP contribution is -2.56. The predicted molar refractivity (Wildman–Crippen MR) is 257 cm³/mol. The molecule has 2 heterocycles. The highest BCUT2D eigenvalue weighted by molar-refractivity contribution is 7.96. The molecule has 3 amide bonds. The molecule has 12 nitrogen and oxygen atoms in total. The van der Waals surface area contributed by atoms with Crippen LogP contribution in [0.1, 0.15) is 47.5 Å². The Hall–Kier alpha value is -5.75. The van der Waals surface area contributed by atoms with Crippen molar-refractivity contribution in [3.63, 3.8) is 0 Å². The second kappa shape index (κ2) is 20.8. The maximum atomic E-state index is 15.3. The van der Waals surface area contributed by atoms with Gasteiger partial charge in [0.05, 0.1) is 30.7 Å². The number of amides is 3. The third kappa shape index (κ3) is 10.4. The fourth-order valence-electron chi connectivity index (χ4n) is 7.68. The number of carbonyl (C=O) groups excluding carboxylic acids is 5. The lowest BCUT2D eigenvalue weighted by atomic mass is 9.92. The zero-order valence-electron chi connectivity index (χ0n) is 38.5. The van der Waals surface area contributed by atoms with Gasteiger partial charge in [0.15, 0.2) is 14.1 Å². The number of nitrogens with zero attached hydrogens (tertiary/aromatic N) is 3. The molecule has 340 valence electrons. The number of ether oxygens (including phenoxy) is 3. The van der Waals surface area contributed by atoms with Gasteiger partial charge in [0, 0.05) is 33.1 Å². The van der Waals surface area contributed by atoms with Crippen LogP contribution in [-0.4, -0.2) is 110 Å². The van der Waals surface area contributed by atoms with Crippen molar-refractivity contribution in [3.05, 3.63) is 139 Å². The van der Waals surface area contributed by atoms with Gasteiger partial charge < -0.3 is 23.5 Å². The summed E-state index contributed by atoms with van der Waals surface area (Å²) in [5.41, 5.74) is 0.992. The van der Waals surface area contributed by atoms with Crippen molar-refractivity contribution in [2.24, 2.45) is 0 Å². The molecule has 0 radical (unpaired) electrons. The topological polar surface area (TPSA) is 132 Å². The zero-order chi connectivity index (χ0) is 47.0. The maximum Gasteiger partial charge on any atom is 0.410 e. The van der Waals surface area contributed by atoms with Crippen LogP contribution in [0.5, 0.6) is 0 Å². The summed E-state index contributed by atoms with van der Waals surface area (Å²) in [6.07, 6.45) is 1.90. The fraction of sp³-hybridized carbons (Fsp3) is 0.360. The Kier molecular flexibility index (Phi) is 16.0. The molecule has 2 aliphatic rings. The zero-order valence-corrected chi connectivity index (χ0v) is 40.4. The van der Waals surface area contributed by atoms with Crippen molar-refractivity contribution in [2.45, 2.75) is 83.8 Å². The molecule has 5 rings (SSSR count). The third-order valence-electron chi connectivity index (χ3n) is 11.9. The molecule has 0 spiro atoms. The number of ketones is 1.